The fourth-order valence-corrected chi connectivity index (χ4v) is 1.94. The van der Waals surface area contributed by atoms with Gasteiger partial charge in [0.1, 0.15) is 17.5 Å². The van der Waals surface area contributed by atoms with Gasteiger partial charge in [0.15, 0.2) is 0 Å². The molecule has 0 amide bonds. The number of rotatable bonds is 2. The van der Waals surface area contributed by atoms with Gasteiger partial charge in [0, 0.05) is 4.47 Å². The second kappa shape index (κ2) is 4.94. The van der Waals surface area contributed by atoms with Crippen molar-refractivity contribution in [1.82, 2.24) is 0 Å². The van der Waals surface area contributed by atoms with Gasteiger partial charge in [-0.3, -0.25) is 4.79 Å². The summed E-state index contributed by atoms with van der Waals surface area (Å²) in [5.74, 6) is -3.90. The van der Waals surface area contributed by atoms with E-state index in [1.807, 2.05) is 0 Å². The van der Waals surface area contributed by atoms with E-state index in [-0.39, 0.29) is 10.0 Å². The summed E-state index contributed by atoms with van der Waals surface area (Å²) < 4.78 is 40.7. The smallest absolute Gasteiger partial charge is 0.201 e. The molecule has 0 bridgehead atoms. The Morgan fingerprint density at radius 3 is 2.06 bits per heavy atom. The van der Waals surface area contributed by atoms with Crippen molar-refractivity contribution in [3.8, 4) is 0 Å². The minimum atomic E-state index is -1.03. The first-order valence-corrected chi connectivity index (χ1v) is 5.74. The molecule has 0 aliphatic carbocycles. The number of hydrogen-bond acceptors (Lipinski definition) is 1. The van der Waals surface area contributed by atoms with E-state index in [1.54, 1.807) is 0 Å². The zero-order chi connectivity index (χ0) is 13.3. The Labute approximate surface area is 109 Å². The van der Waals surface area contributed by atoms with Crippen molar-refractivity contribution in [3.63, 3.8) is 0 Å². The van der Waals surface area contributed by atoms with Crippen LogP contribution in [0.25, 0.3) is 0 Å². The highest BCUT2D eigenvalue weighted by Crippen LogP contribution is 2.23. The van der Waals surface area contributed by atoms with Gasteiger partial charge in [0.2, 0.25) is 5.78 Å². The molecular weight excluding hydrogens is 309 g/mol. The van der Waals surface area contributed by atoms with Crippen LogP contribution < -0.4 is 0 Å². The molecule has 2 rings (SSSR count). The topological polar surface area (TPSA) is 17.1 Å². The number of hydrogen-bond donors (Lipinski definition) is 0. The monoisotopic (exact) mass is 314 g/mol. The van der Waals surface area contributed by atoms with Crippen molar-refractivity contribution in [3.05, 3.63) is 69.4 Å². The molecule has 0 aliphatic rings. The maximum Gasteiger partial charge on any atom is 0.201 e. The van der Waals surface area contributed by atoms with Crippen molar-refractivity contribution in [2.45, 2.75) is 0 Å². The first-order valence-electron chi connectivity index (χ1n) is 4.94. The summed E-state index contributed by atoms with van der Waals surface area (Å²) in [6.45, 7) is 0. The molecule has 1 nitrogen and oxygen atoms in total. The van der Waals surface area contributed by atoms with Gasteiger partial charge >= 0.3 is 0 Å². The molecule has 0 atom stereocenters. The lowest BCUT2D eigenvalue weighted by Gasteiger charge is -2.05. The third-order valence-corrected chi connectivity index (χ3v) is 2.81. The predicted octanol–water partition coefficient (Wildman–Crippen LogP) is 4.10. The lowest BCUT2D eigenvalue weighted by atomic mass is 10.0. The van der Waals surface area contributed by atoms with Crippen LogP contribution in [0.4, 0.5) is 13.2 Å². The number of carbonyl (C=O) groups excluding carboxylic acids is 1. The molecule has 92 valence electrons. The minimum absolute atomic E-state index is 0.169. The van der Waals surface area contributed by atoms with E-state index >= 15 is 0 Å². The van der Waals surface area contributed by atoms with E-state index in [0.717, 1.165) is 18.2 Å². The lowest BCUT2D eigenvalue weighted by molar-refractivity contribution is 0.102. The van der Waals surface area contributed by atoms with Crippen LogP contribution in [0, 0.1) is 17.5 Å². The molecule has 2 aromatic rings. The van der Waals surface area contributed by atoms with Crippen LogP contribution in [0.5, 0.6) is 0 Å². The van der Waals surface area contributed by atoms with Crippen LogP contribution in [0.3, 0.4) is 0 Å². The zero-order valence-electron chi connectivity index (χ0n) is 8.88. The predicted molar refractivity (Wildman–Crippen MR) is 63.9 cm³/mol. The quantitative estimate of drug-likeness (QED) is 0.763. The van der Waals surface area contributed by atoms with E-state index < -0.39 is 28.8 Å². The van der Waals surface area contributed by atoms with Crippen LogP contribution in [0.15, 0.2) is 40.9 Å². The number of benzene rings is 2. The van der Waals surface area contributed by atoms with Crippen molar-refractivity contribution in [2.24, 2.45) is 0 Å². The molecule has 0 aliphatic heterocycles. The molecule has 0 spiro atoms. The molecule has 5 heteroatoms. The fourth-order valence-electron chi connectivity index (χ4n) is 1.54. The summed E-state index contributed by atoms with van der Waals surface area (Å²) in [7, 11) is 0. The molecule has 2 aromatic carbocycles. The largest absolute Gasteiger partial charge is 0.288 e. The van der Waals surface area contributed by atoms with Crippen LogP contribution in [0.1, 0.15) is 15.9 Å². The Hall–Kier alpha value is -1.62. The normalized spacial score (nSPS) is 10.4. The average Bonchev–Trinajstić information content (AvgIpc) is 2.27. The van der Waals surface area contributed by atoms with E-state index in [1.165, 1.54) is 18.2 Å². The highest BCUT2D eigenvalue weighted by Gasteiger charge is 2.21. The van der Waals surface area contributed by atoms with Crippen molar-refractivity contribution < 1.29 is 18.0 Å². The molecule has 0 saturated carbocycles. The first kappa shape index (κ1) is 12.8. The fraction of sp³-hybridized carbons (Fsp3) is 0. The Kier molecular flexibility index (Phi) is 3.52. The molecule has 0 heterocycles. The summed E-state index contributed by atoms with van der Waals surface area (Å²) in [6.07, 6.45) is 0. The van der Waals surface area contributed by atoms with Gasteiger partial charge in [0.05, 0.1) is 11.1 Å². The first-order chi connectivity index (χ1) is 8.50. The van der Waals surface area contributed by atoms with Crippen molar-refractivity contribution in [1.29, 1.82) is 0 Å². The molecule has 18 heavy (non-hydrogen) atoms. The molecule has 0 radical (unpaired) electrons. The molecule has 0 fully saturated rings. The zero-order valence-corrected chi connectivity index (χ0v) is 10.5. The summed E-state index contributed by atoms with van der Waals surface area (Å²) in [5.41, 5.74) is -1.12. The van der Waals surface area contributed by atoms with Gasteiger partial charge in [-0.2, -0.15) is 0 Å². The standard InChI is InChI=1S/C13H6BrF3O/c14-7-5-10(16)12(11(17)6-7)13(18)8-3-1-2-4-9(8)15/h1-6H. The van der Waals surface area contributed by atoms with Crippen molar-refractivity contribution >= 4 is 21.7 Å². The SMILES string of the molecule is O=C(c1ccccc1F)c1c(F)cc(Br)cc1F. The summed E-state index contributed by atoms with van der Waals surface area (Å²) in [4.78, 5) is 11.9. The second-order valence-electron chi connectivity index (χ2n) is 3.55. The highest BCUT2D eigenvalue weighted by molar-refractivity contribution is 9.10. The average molecular weight is 315 g/mol. The van der Waals surface area contributed by atoms with Gasteiger partial charge in [-0.15, -0.1) is 0 Å². The highest BCUT2D eigenvalue weighted by atomic mass is 79.9. The van der Waals surface area contributed by atoms with Gasteiger partial charge in [-0.1, -0.05) is 28.1 Å². The van der Waals surface area contributed by atoms with Gasteiger partial charge in [-0.05, 0) is 24.3 Å². The van der Waals surface area contributed by atoms with E-state index in [2.05, 4.69) is 15.9 Å². The Bertz CT molecular complexity index is 602. The van der Waals surface area contributed by atoms with Crippen LogP contribution in [-0.2, 0) is 0 Å². The van der Waals surface area contributed by atoms with Crippen LogP contribution >= 0.6 is 15.9 Å². The Balaban J connectivity index is 2.57. The lowest BCUT2D eigenvalue weighted by Crippen LogP contribution is -2.09. The molecular formula is C13H6BrF3O. The maximum absolute atomic E-state index is 13.6. The number of halogens is 4. The Morgan fingerprint density at radius 2 is 1.50 bits per heavy atom. The van der Waals surface area contributed by atoms with Crippen LogP contribution in [0.2, 0.25) is 0 Å². The second-order valence-corrected chi connectivity index (χ2v) is 4.47. The van der Waals surface area contributed by atoms with Gasteiger partial charge in [-0.25, -0.2) is 13.2 Å². The summed E-state index contributed by atoms with van der Waals surface area (Å²) in [5, 5.41) is 0. The van der Waals surface area contributed by atoms with Gasteiger partial charge in [0.25, 0.3) is 0 Å². The van der Waals surface area contributed by atoms with E-state index in [0.29, 0.717) is 0 Å². The molecule has 0 saturated heterocycles. The molecule has 0 N–H and O–H groups in total. The van der Waals surface area contributed by atoms with Gasteiger partial charge < -0.3 is 0 Å². The van der Waals surface area contributed by atoms with Crippen molar-refractivity contribution in [2.75, 3.05) is 0 Å². The third-order valence-electron chi connectivity index (χ3n) is 2.35. The van der Waals surface area contributed by atoms with E-state index in [4.69, 9.17) is 0 Å². The number of carbonyl (C=O) groups is 1. The molecule has 0 aromatic heterocycles. The van der Waals surface area contributed by atoms with E-state index in [9.17, 15) is 18.0 Å². The van der Waals surface area contributed by atoms with Crippen LogP contribution in [-0.4, -0.2) is 5.78 Å². The summed E-state index contributed by atoms with van der Waals surface area (Å²) >= 11 is 2.90. The number of ketones is 1. The third kappa shape index (κ3) is 2.31. The summed E-state index contributed by atoms with van der Waals surface area (Å²) in [6, 6.07) is 6.96. The minimum Gasteiger partial charge on any atom is -0.288 e. The maximum atomic E-state index is 13.6. The molecule has 0 unspecified atom stereocenters. The Morgan fingerprint density at radius 1 is 0.944 bits per heavy atom.